The average Bonchev–Trinajstić information content (AvgIpc) is 2.72. The van der Waals surface area contributed by atoms with E-state index in [4.69, 9.17) is 14.0 Å². The Hall–Kier alpha value is -2.11. The summed E-state index contributed by atoms with van der Waals surface area (Å²) >= 11 is 0. The van der Waals surface area contributed by atoms with Crippen molar-refractivity contribution in [3.05, 3.63) is 17.5 Å². The summed E-state index contributed by atoms with van der Waals surface area (Å²) in [7, 11) is 0. The molecule has 6 nitrogen and oxygen atoms in total. The van der Waals surface area contributed by atoms with Crippen LogP contribution < -0.4 is 4.74 Å². The van der Waals surface area contributed by atoms with Gasteiger partial charge in [0.2, 0.25) is 0 Å². The lowest BCUT2D eigenvalue weighted by Crippen LogP contribution is -2.09. The van der Waals surface area contributed by atoms with Crippen molar-refractivity contribution in [3.63, 3.8) is 0 Å². The largest absolute Gasteiger partial charge is 0.492 e. The first kappa shape index (κ1) is 12.3. The lowest BCUT2D eigenvalue weighted by Gasteiger charge is -2.09. The van der Waals surface area contributed by atoms with Crippen molar-refractivity contribution in [1.82, 2.24) is 10.1 Å². The van der Waals surface area contributed by atoms with Crippen LogP contribution in [0.25, 0.3) is 11.1 Å². The number of pyridine rings is 1. The molecule has 0 saturated heterocycles. The number of carbonyl (C=O) groups is 1. The van der Waals surface area contributed by atoms with E-state index in [9.17, 15) is 4.79 Å². The van der Waals surface area contributed by atoms with Crippen molar-refractivity contribution in [2.24, 2.45) is 0 Å². The zero-order chi connectivity index (χ0) is 13.1. The molecular formula is C12H14N2O4. The Labute approximate surface area is 104 Å². The average molecular weight is 250 g/mol. The minimum Gasteiger partial charge on any atom is -0.492 e. The highest BCUT2D eigenvalue weighted by Gasteiger charge is 2.21. The minimum atomic E-state index is -0.462. The number of hydrogen-bond acceptors (Lipinski definition) is 6. The van der Waals surface area contributed by atoms with Crippen LogP contribution in [0.15, 0.2) is 10.7 Å². The Morgan fingerprint density at radius 3 is 2.83 bits per heavy atom. The summed E-state index contributed by atoms with van der Waals surface area (Å²) in [6, 6.07) is 0. The van der Waals surface area contributed by atoms with Gasteiger partial charge >= 0.3 is 5.97 Å². The van der Waals surface area contributed by atoms with Gasteiger partial charge in [-0.25, -0.2) is 9.78 Å². The minimum absolute atomic E-state index is 0.289. The Kier molecular flexibility index (Phi) is 3.45. The molecule has 0 aliphatic heterocycles. The maximum Gasteiger partial charge on any atom is 0.343 e. The first-order valence-electron chi connectivity index (χ1n) is 5.73. The van der Waals surface area contributed by atoms with Crippen molar-refractivity contribution < 1.29 is 18.8 Å². The third-order valence-corrected chi connectivity index (χ3v) is 2.41. The SMILES string of the molecule is CCOC(=O)c1cnc2onc(C)c2c1OCC. The summed E-state index contributed by atoms with van der Waals surface area (Å²) in [5, 5.41) is 4.43. The van der Waals surface area contributed by atoms with E-state index in [1.165, 1.54) is 6.20 Å². The Morgan fingerprint density at radius 2 is 2.17 bits per heavy atom. The highest BCUT2D eigenvalue weighted by molar-refractivity contribution is 5.99. The number of esters is 1. The van der Waals surface area contributed by atoms with Gasteiger partial charge in [0.25, 0.3) is 5.71 Å². The molecular weight excluding hydrogens is 236 g/mol. The predicted molar refractivity (Wildman–Crippen MR) is 63.7 cm³/mol. The molecule has 0 bridgehead atoms. The van der Waals surface area contributed by atoms with Gasteiger partial charge in [0.15, 0.2) is 0 Å². The number of aryl methyl sites for hydroxylation is 1. The van der Waals surface area contributed by atoms with Crippen LogP contribution in [0.4, 0.5) is 0 Å². The molecule has 18 heavy (non-hydrogen) atoms. The van der Waals surface area contributed by atoms with Gasteiger partial charge in [-0.3, -0.25) is 0 Å². The lowest BCUT2D eigenvalue weighted by molar-refractivity contribution is 0.0522. The molecule has 0 fully saturated rings. The van der Waals surface area contributed by atoms with E-state index >= 15 is 0 Å². The molecule has 2 aromatic rings. The normalized spacial score (nSPS) is 10.6. The Balaban J connectivity index is 2.61. The number of nitrogens with zero attached hydrogens (tertiary/aromatic N) is 2. The van der Waals surface area contributed by atoms with E-state index in [0.29, 0.717) is 35.8 Å². The van der Waals surface area contributed by atoms with Crippen molar-refractivity contribution in [2.75, 3.05) is 13.2 Å². The van der Waals surface area contributed by atoms with Crippen molar-refractivity contribution in [3.8, 4) is 5.75 Å². The number of carbonyl (C=O) groups excluding carboxylic acids is 1. The van der Waals surface area contributed by atoms with Crippen LogP contribution in [0.2, 0.25) is 0 Å². The summed E-state index contributed by atoms with van der Waals surface area (Å²) in [6.45, 7) is 6.07. The van der Waals surface area contributed by atoms with Crippen LogP contribution in [0.5, 0.6) is 5.75 Å². The third-order valence-electron chi connectivity index (χ3n) is 2.41. The maximum atomic E-state index is 11.8. The quantitative estimate of drug-likeness (QED) is 0.773. The maximum absolute atomic E-state index is 11.8. The Bertz CT molecular complexity index is 577. The van der Waals surface area contributed by atoms with Gasteiger partial charge in [0.05, 0.1) is 18.9 Å². The van der Waals surface area contributed by atoms with Crippen LogP contribution in [0, 0.1) is 6.92 Å². The standard InChI is InChI=1S/C12H14N2O4/c1-4-16-10-8(12(15)17-5-2)6-13-11-9(10)7(3)14-18-11/h6H,4-5H2,1-3H3. The van der Waals surface area contributed by atoms with E-state index in [0.717, 1.165) is 0 Å². The van der Waals surface area contributed by atoms with Crippen molar-refractivity contribution in [1.29, 1.82) is 0 Å². The Morgan fingerprint density at radius 1 is 1.39 bits per heavy atom. The topological polar surface area (TPSA) is 74.5 Å². The number of fused-ring (bicyclic) bond motifs is 1. The predicted octanol–water partition coefficient (Wildman–Crippen LogP) is 2.11. The van der Waals surface area contributed by atoms with Crippen LogP contribution in [-0.2, 0) is 4.74 Å². The summed E-state index contributed by atoms with van der Waals surface area (Å²) in [4.78, 5) is 15.9. The number of hydrogen-bond donors (Lipinski definition) is 0. The van der Waals surface area contributed by atoms with Gasteiger partial charge in [-0.15, -0.1) is 0 Å². The molecule has 0 aliphatic carbocycles. The smallest absolute Gasteiger partial charge is 0.343 e. The van der Waals surface area contributed by atoms with Gasteiger partial charge in [0.1, 0.15) is 16.7 Å². The molecule has 0 radical (unpaired) electrons. The first-order valence-corrected chi connectivity index (χ1v) is 5.73. The van der Waals surface area contributed by atoms with Crippen LogP contribution in [0.3, 0.4) is 0 Å². The molecule has 2 aromatic heterocycles. The van der Waals surface area contributed by atoms with Gasteiger partial charge in [0, 0.05) is 6.20 Å². The van der Waals surface area contributed by atoms with E-state index in [1.54, 1.807) is 13.8 Å². The van der Waals surface area contributed by atoms with Gasteiger partial charge in [-0.2, -0.15) is 0 Å². The molecule has 0 N–H and O–H groups in total. The molecule has 0 atom stereocenters. The van der Waals surface area contributed by atoms with Crippen LogP contribution in [-0.4, -0.2) is 29.3 Å². The first-order chi connectivity index (χ1) is 8.69. The molecule has 0 aliphatic rings. The lowest BCUT2D eigenvalue weighted by atomic mass is 10.2. The van der Waals surface area contributed by atoms with Crippen molar-refractivity contribution in [2.45, 2.75) is 20.8 Å². The summed E-state index contributed by atoms with van der Waals surface area (Å²) in [5.41, 5.74) is 1.27. The van der Waals surface area contributed by atoms with Crippen LogP contribution in [0.1, 0.15) is 29.9 Å². The van der Waals surface area contributed by atoms with E-state index < -0.39 is 5.97 Å². The fraction of sp³-hybridized carbons (Fsp3) is 0.417. The molecule has 96 valence electrons. The highest BCUT2D eigenvalue weighted by atomic mass is 16.5. The second-order valence-electron chi connectivity index (χ2n) is 3.60. The summed E-state index contributed by atoms with van der Waals surface area (Å²) in [6.07, 6.45) is 1.38. The fourth-order valence-electron chi connectivity index (χ4n) is 1.67. The molecule has 0 spiro atoms. The monoisotopic (exact) mass is 250 g/mol. The summed E-state index contributed by atoms with van der Waals surface area (Å²) in [5.74, 6) is -0.0457. The molecule has 6 heteroatoms. The number of rotatable bonds is 4. The van der Waals surface area contributed by atoms with Crippen molar-refractivity contribution >= 4 is 17.1 Å². The summed E-state index contributed by atoms with van der Waals surface area (Å²) < 4.78 is 15.5. The second kappa shape index (κ2) is 5.03. The molecule has 0 saturated carbocycles. The molecule has 2 rings (SSSR count). The van der Waals surface area contributed by atoms with Crippen LogP contribution >= 0.6 is 0 Å². The highest BCUT2D eigenvalue weighted by Crippen LogP contribution is 2.31. The van der Waals surface area contributed by atoms with Gasteiger partial charge in [-0.05, 0) is 20.8 Å². The number of ether oxygens (including phenoxy) is 2. The molecule has 0 aromatic carbocycles. The van der Waals surface area contributed by atoms with E-state index in [-0.39, 0.29) is 5.56 Å². The molecule has 0 unspecified atom stereocenters. The zero-order valence-electron chi connectivity index (χ0n) is 10.5. The molecule has 2 heterocycles. The van der Waals surface area contributed by atoms with E-state index in [1.807, 2.05) is 6.92 Å². The van der Waals surface area contributed by atoms with Gasteiger partial charge in [-0.1, -0.05) is 5.16 Å². The van der Waals surface area contributed by atoms with Gasteiger partial charge < -0.3 is 14.0 Å². The zero-order valence-corrected chi connectivity index (χ0v) is 10.5. The van der Waals surface area contributed by atoms with E-state index in [2.05, 4.69) is 10.1 Å². The third kappa shape index (κ3) is 2.01. The number of aromatic nitrogens is 2. The molecule has 0 amide bonds. The second-order valence-corrected chi connectivity index (χ2v) is 3.60. The fourth-order valence-corrected chi connectivity index (χ4v) is 1.67.